The summed E-state index contributed by atoms with van der Waals surface area (Å²) in [6, 6.07) is 0. The van der Waals surface area contributed by atoms with Crippen LogP contribution in [0.25, 0.3) is 0 Å². The molecule has 0 aromatic carbocycles. The predicted molar refractivity (Wildman–Crippen MR) is 49.4 cm³/mol. The Bertz CT molecular complexity index is 164. The molecule has 0 unspecified atom stereocenters. The normalized spacial score (nSPS) is 13.5. The van der Waals surface area contributed by atoms with Crippen LogP contribution in [0.15, 0.2) is 36.0 Å². The van der Waals surface area contributed by atoms with Crippen LogP contribution in [-0.4, -0.2) is 11.7 Å². The van der Waals surface area contributed by atoms with Crippen molar-refractivity contribution in [2.45, 2.75) is 20.3 Å². The smallest absolute Gasteiger partial charge is 0.0617 e. The highest BCUT2D eigenvalue weighted by atomic mass is 16.2. The Labute approximate surface area is 68.7 Å². The van der Waals surface area contributed by atoms with Crippen LogP contribution in [0, 0.1) is 0 Å². The van der Waals surface area contributed by atoms with Crippen molar-refractivity contribution in [2.24, 2.45) is 0 Å². The molecule has 0 aliphatic rings. The molecule has 62 valence electrons. The minimum absolute atomic E-state index is 0.119. The van der Waals surface area contributed by atoms with Crippen molar-refractivity contribution < 1.29 is 5.11 Å². The van der Waals surface area contributed by atoms with Gasteiger partial charge in [-0.15, -0.1) is 0 Å². The number of rotatable bonds is 4. The minimum atomic E-state index is 0.119. The molecular weight excluding hydrogens is 136 g/mol. The van der Waals surface area contributed by atoms with Crippen LogP contribution >= 0.6 is 0 Å². The van der Waals surface area contributed by atoms with Gasteiger partial charge in [0.05, 0.1) is 6.61 Å². The molecule has 0 aromatic heterocycles. The molecule has 1 nitrogen and oxygen atoms in total. The van der Waals surface area contributed by atoms with E-state index in [0.717, 1.165) is 12.0 Å². The summed E-state index contributed by atoms with van der Waals surface area (Å²) < 4.78 is 0. The van der Waals surface area contributed by atoms with Gasteiger partial charge in [0.15, 0.2) is 0 Å². The molecule has 0 rings (SSSR count). The molecule has 1 heteroatoms. The first-order chi connectivity index (χ1) is 5.31. The third kappa shape index (κ3) is 7.07. The summed E-state index contributed by atoms with van der Waals surface area (Å²) in [5.74, 6) is 0. The lowest BCUT2D eigenvalue weighted by molar-refractivity contribution is 0.342. The number of aliphatic hydroxyl groups is 1. The van der Waals surface area contributed by atoms with E-state index < -0.39 is 0 Å². The molecule has 0 aliphatic heterocycles. The second kappa shape index (κ2) is 7.29. The SMILES string of the molecule is CC/C=C/C=C/C(C)=C/CO. The molecule has 0 radical (unpaired) electrons. The fraction of sp³-hybridized carbons (Fsp3) is 0.400. The van der Waals surface area contributed by atoms with Crippen molar-refractivity contribution in [2.75, 3.05) is 6.61 Å². The molecule has 0 saturated heterocycles. The van der Waals surface area contributed by atoms with Gasteiger partial charge in [-0.3, -0.25) is 0 Å². The van der Waals surface area contributed by atoms with E-state index in [1.807, 2.05) is 25.2 Å². The van der Waals surface area contributed by atoms with Crippen molar-refractivity contribution in [3.8, 4) is 0 Å². The summed E-state index contributed by atoms with van der Waals surface area (Å²) in [6.45, 7) is 4.18. The summed E-state index contributed by atoms with van der Waals surface area (Å²) in [4.78, 5) is 0. The van der Waals surface area contributed by atoms with Gasteiger partial charge >= 0.3 is 0 Å². The van der Waals surface area contributed by atoms with Gasteiger partial charge in [0.25, 0.3) is 0 Å². The molecule has 11 heavy (non-hydrogen) atoms. The summed E-state index contributed by atoms with van der Waals surface area (Å²) in [5.41, 5.74) is 1.09. The highest BCUT2D eigenvalue weighted by molar-refractivity contribution is 5.19. The summed E-state index contributed by atoms with van der Waals surface area (Å²) in [6.07, 6.45) is 10.9. The van der Waals surface area contributed by atoms with E-state index in [9.17, 15) is 0 Å². The van der Waals surface area contributed by atoms with E-state index >= 15 is 0 Å². The predicted octanol–water partition coefficient (Wildman–Crippen LogP) is 2.45. The quantitative estimate of drug-likeness (QED) is 0.613. The average molecular weight is 152 g/mol. The molecule has 0 aliphatic carbocycles. The largest absolute Gasteiger partial charge is 0.392 e. The Balaban J connectivity index is 3.73. The first-order valence-corrected chi connectivity index (χ1v) is 3.92. The van der Waals surface area contributed by atoms with Crippen LogP contribution in [0.1, 0.15) is 20.3 Å². The standard InChI is InChI=1S/C10H16O/c1-3-4-5-6-7-10(2)8-9-11/h4-8,11H,3,9H2,1-2H3/b5-4+,7-6+,10-8+. The van der Waals surface area contributed by atoms with Crippen LogP contribution < -0.4 is 0 Å². The van der Waals surface area contributed by atoms with E-state index in [2.05, 4.69) is 13.0 Å². The molecule has 0 saturated carbocycles. The average Bonchev–Trinajstić information content (AvgIpc) is 1.99. The lowest BCUT2D eigenvalue weighted by Gasteiger charge is -1.86. The maximum atomic E-state index is 8.51. The Morgan fingerprint density at radius 1 is 1.36 bits per heavy atom. The highest BCUT2D eigenvalue weighted by Crippen LogP contribution is 1.94. The maximum Gasteiger partial charge on any atom is 0.0617 e. The first kappa shape index (κ1) is 10.2. The monoisotopic (exact) mass is 152 g/mol. The van der Waals surface area contributed by atoms with Gasteiger partial charge in [0.1, 0.15) is 0 Å². The van der Waals surface area contributed by atoms with Gasteiger partial charge in [-0.2, -0.15) is 0 Å². The molecule has 0 bridgehead atoms. The molecule has 0 spiro atoms. The maximum absolute atomic E-state index is 8.51. The Hall–Kier alpha value is -0.820. The zero-order chi connectivity index (χ0) is 8.53. The van der Waals surface area contributed by atoms with Gasteiger partial charge in [0, 0.05) is 0 Å². The Morgan fingerprint density at radius 3 is 2.64 bits per heavy atom. The van der Waals surface area contributed by atoms with Crippen molar-refractivity contribution >= 4 is 0 Å². The summed E-state index contributed by atoms with van der Waals surface area (Å²) in [7, 11) is 0. The second-order valence-electron chi connectivity index (χ2n) is 2.33. The molecule has 1 N–H and O–H groups in total. The Morgan fingerprint density at radius 2 is 2.09 bits per heavy atom. The molecule has 0 atom stereocenters. The number of hydrogen-bond donors (Lipinski definition) is 1. The van der Waals surface area contributed by atoms with Crippen LogP contribution in [0.2, 0.25) is 0 Å². The van der Waals surface area contributed by atoms with Crippen LogP contribution in [0.4, 0.5) is 0 Å². The molecule has 0 fully saturated rings. The van der Waals surface area contributed by atoms with E-state index in [0.29, 0.717) is 0 Å². The zero-order valence-corrected chi connectivity index (χ0v) is 7.25. The lowest BCUT2D eigenvalue weighted by Crippen LogP contribution is -1.74. The molecule has 0 amide bonds. The fourth-order valence-corrected chi connectivity index (χ4v) is 0.634. The number of aliphatic hydroxyl groups excluding tert-OH is 1. The van der Waals surface area contributed by atoms with Crippen LogP contribution in [-0.2, 0) is 0 Å². The molecule has 0 aromatic rings. The topological polar surface area (TPSA) is 20.2 Å². The van der Waals surface area contributed by atoms with Crippen molar-refractivity contribution in [3.05, 3.63) is 36.0 Å². The van der Waals surface area contributed by atoms with Crippen LogP contribution in [0.3, 0.4) is 0 Å². The minimum Gasteiger partial charge on any atom is -0.392 e. The van der Waals surface area contributed by atoms with Gasteiger partial charge in [0.2, 0.25) is 0 Å². The van der Waals surface area contributed by atoms with Crippen molar-refractivity contribution in [1.29, 1.82) is 0 Å². The van der Waals surface area contributed by atoms with Gasteiger partial charge in [-0.1, -0.05) is 42.9 Å². The van der Waals surface area contributed by atoms with Gasteiger partial charge in [-0.05, 0) is 13.3 Å². The molecule has 0 heterocycles. The van der Waals surface area contributed by atoms with Gasteiger partial charge in [-0.25, -0.2) is 0 Å². The Kier molecular flexibility index (Phi) is 6.75. The third-order valence-corrected chi connectivity index (χ3v) is 1.26. The first-order valence-electron chi connectivity index (χ1n) is 3.92. The van der Waals surface area contributed by atoms with Crippen LogP contribution in [0.5, 0.6) is 0 Å². The van der Waals surface area contributed by atoms with Crippen molar-refractivity contribution in [3.63, 3.8) is 0 Å². The van der Waals surface area contributed by atoms with Crippen molar-refractivity contribution in [1.82, 2.24) is 0 Å². The second-order valence-corrected chi connectivity index (χ2v) is 2.33. The van der Waals surface area contributed by atoms with Gasteiger partial charge < -0.3 is 5.11 Å². The van der Waals surface area contributed by atoms with E-state index in [1.165, 1.54) is 0 Å². The summed E-state index contributed by atoms with van der Waals surface area (Å²) >= 11 is 0. The number of hydrogen-bond acceptors (Lipinski definition) is 1. The van der Waals surface area contributed by atoms with E-state index in [1.54, 1.807) is 6.08 Å². The third-order valence-electron chi connectivity index (χ3n) is 1.26. The lowest BCUT2D eigenvalue weighted by atomic mass is 10.2. The fourth-order valence-electron chi connectivity index (χ4n) is 0.634. The number of allylic oxidation sites excluding steroid dienone is 5. The highest BCUT2D eigenvalue weighted by Gasteiger charge is 1.76. The summed E-state index contributed by atoms with van der Waals surface area (Å²) in [5, 5.41) is 8.51. The molecular formula is C10H16O. The van der Waals surface area contributed by atoms with E-state index in [4.69, 9.17) is 5.11 Å². The zero-order valence-electron chi connectivity index (χ0n) is 7.25. The van der Waals surface area contributed by atoms with E-state index in [-0.39, 0.29) is 6.61 Å².